The van der Waals surface area contributed by atoms with Gasteiger partial charge in [-0.3, -0.25) is 0 Å². The van der Waals surface area contributed by atoms with E-state index in [-0.39, 0.29) is 30.0 Å². The van der Waals surface area contributed by atoms with Crippen LogP contribution in [0.25, 0.3) is 11.1 Å². The number of carbonyl (C=O) groups excluding carboxylic acids is 1. The summed E-state index contributed by atoms with van der Waals surface area (Å²) in [7, 11) is 2.16. The number of ether oxygens (including phenoxy) is 1. The molecule has 0 saturated carbocycles. The van der Waals surface area contributed by atoms with Crippen molar-refractivity contribution in [2.75, 3.05) is 46.4 Å². The summed E-state index contributed by atoms with van der Waals surface area (Å²) in [5, 5.41) is 10.1. The molecule has 1 aliphatic carbocycles. The van der Waals surface area contributed by atoms with Crippen LogP contribution in [-0.4, -0.2) is 67.4 Å². The van der Waals surface area contributed by atoms with Crippen LogP contribution < -0.4 is 0 Å². The number of aliphatic hydroxyl groups is 1. The molecule has 2 heterocycles. The standard InChI is InChI=1S/C26H32N2O3/c1-27-13-10-26(11-14-27)12-15-28(16-19(26)17-29)25(30)31-18-24-22-8-4-2-6-20(22)21-7-3-5-9-23(21)24/h2-9,19,24,29H,10-18H2,1H3. The molecular formula is C26H32N2O3. The molecule has 1 unspecified atom stereocenters. The van der Waals surface area contributed by atoms with Crippen molar-refractivity contribution in [1.29, 1.82) is 0 Å². The van der Waals surface area contributed by atoms with Crippen molar-refractivity contribution in [3.8, 4) is 11.1 Å². The number of nitrogens with zero attached hydrogens (tertiary/aromatic N) is 2. The van der Waals surface area contributed by atoms with Gasteiger partial charge in [-0.05, 0) is 67.1 Å². The van der Waals surface area contributed by atoms with Gasteiger partial charge in [-0.1, -0.05) is 48.5 Å². The van der Waals surface area contributed by atoms with Crippen LogP contribution in [-0.2, 0) is 4.74 Å². The van der Waals surface area contributed by atoms with E-state index < -0.39 is 0 Å². The molecule has 5 rings (SSSR count). The number of fused-ring (bicyclic) bond motifs is 3. The fourth-order valence-corrected chi connectivity index (χ4v) is 5.94. The summed E-state index contributed by atoms with van der Waals surface area (Å²) < 4.78 is 5.86. The van der Waals surface area contributed by atoms with E-state index in [9.17, 15) is 9.90 Å². The number of benzene rings is 2. The van der Waals surface area contributed by atoms with E-state index >= 15 is 0 Å². The Morgan fingerprint density at radius 1 is 1.00 bits per heavy atom. The molecule has 2 fully saturated rings. The van der Waals surface area contributed by atoms with Crippen LogP contribution in [0.2, 0.25) is 0 Å². The molecular weight excluding hydrogens is 388 g/mol. The van der Waals surface area contributed by atoms with Gasteiger partial charge in [0.1, 0.15) is 6.61 Å². The number of hydrogen-bond donors (Lipinski definition) is 1. The van der Waals surface area contributed by atoms with Crippen LogP contribution in [0.1, 0.15) is 36.3 Å². The second-order valence-electron chi connectivity index (χ2n) is 9.55. The lowest BCUT2D eigenvalue weighted by molar-refractivity contribution is -0.0359. The van der Waals surface area contributed by atoms with Gasteiger partial charge in [-0.15, -0.1) is 0 Å². The summed E-state index contributed by atoms with van der Waals surface area (Å²) in [4.78, 5) is 17.2. The second-order valence-corrected chi connectivity index (χ2v) is 9.55. The third-order valence-corrected chi connectivity index (χ3v) is 7.98. The molecule has 1 amide bonds. The van der Waals surface area contributed by atoms with E-state index in [4.69, 9.17) is 4.74 Å². The summed E-state index contributed by atoms with van der Waals surface area (Å²) >= 11 is 0. The third-order valence-electron chi connectivity index (χ3n) is 7.98. The van der Waals surface area contributed by atoms with Crippen molar-refractivity contribution in [2.45, 2.75) is 25.2 Å². The van der Waals surface area contributed by atoms with Crippen molar-refractivity contribution in [2.24, 2.45) is 11.3 Å². The average Bonchev–Trinajstić information content (AvgIpc) is 3.13. The van der Waals surface area contributed by atoms with Gasteiger partial charge in [-0.2, -0.15) is 0 Å². The monoisotopic (exact) mass is 420 g/mol. The lowest BCUT2D eigenvalue weighted by Gasteiger charge is -2.50. The van der Waals surface area contributed by atoms with Gasteiger partial charge in [0.25, 0.3) is 0 Å². The van der Waals surface area contributed by atoms with Gasteiger partial charge in [-0.25, -0.2) is 4.79 Å². The molecule has 0 aromatic heterocycles. The van der Waals surface area contributed by atoms with Gasteiger partial charge in [0.2, 0.25) is 0 Å². The zero-order chi connectivity index (χ0) is 21.4. The van der Waals surface area contributed by atoms with Gasteiger partial charge >= 0.3 is 6.09 Å². The van der Waals surface area contributed by atoms with Crippen LogP contribution in [0.3, 0.4) is 0 Å². The Morgan fingerprint density at radius 3 is 2.19 bits per heavy atom. The maximum absolute atomic E-state index is 13.0. The second kappa shape index (κ2) is 8.29. The molecule has 1 N–H and O–H groups in total. The van der Waals surface area contributed by atoms with Crippen molar-refractivity contribution >= 4 is 6.09 Å². The molecule has 2 saturated heterocycles. The first-order valence-electron chi connectivity index (χ1n) is 11.5. The Balaban J connectivity index is 1.26. The van der Waals surface area contributed by atoms with E-state index in [2.05, 4.69) is 60.5 Å². The number of aliphatic hydroxyl groups excluding tert-OH is 1. The molecule has 5 heteroatoms. The Morgan fingerprint density at radius 2 is 1.58 bits per heavy atom. The quantitative estimate of drug-likeness (QED) is 0.817. The number of likely N-dealkylation sites (tertiary alicyclic amines) is 2. The molecule has 164 valence electrons. The molecule has 3 aliphatic rings. The number of piperidine rings is 2. The number of carbonyl (C=O) groups is 1. The first-order chi connectivity index (χ1) is 15.1. The normalized spacial score (nSPS) is 22.9. The van der Waals surface area contributed by atoms with Crippen molar-refractivity contribution in [3.05, 3.63) is 59.7 Å². The first-order valence-corrected chi connectivity index (χ1v) is 11.5. The Labute approximate surface area is 184 Å². The highest BCUT2D eigenvalue weighted by molar-refractivity contribution is 5.79. The fraction of sp³-hybridized carbons (Fsp3) is 0.500. The van der Waals surface area contributed by atoms with E-state index in [1.807, 2.05) is 4.90 Å². The summed E-state index contributed by atoms with van der Waals surface area (Å²) in [5.74, 6) is 0.213. The molecule has 1 spiro atoms. The van der Waals surface area contributed by atoms with E-state index in [0.29, 0.717) is 13.2 Å². The topological polar surface area (TPSA) is 53.0 Å². The van der Waals surface area contributed by atoms with Crippen LogP contribution in [0, 0.1) is 11.3 Å². The van der Waals surface area contributed by atoms with E-state index in [1.54, 1.807) is 0 Å². The van der Waals surface area contributed by atoms with E-state index in [0.717, 1.165) is 38.9 Å². The highest BCUT2D eigenvalue weighted by atomic mass is 16.6. The van der Waals surface area contributed by atoms with Crippen LogP contribution in [0.4, 0.5) is 4.79 Å². The van der Waals surface area contributed by atoms with Gasteiger partial charge in [0.05, 0.1) is 0 Å². The summed E-state index contributed by atoms with van der Waals surface area (Å²) in [6.07, 6.45) is 2.92. The summed E-state index contributed by atoms with van der Waals surface area (Å²) in [6.45, 7) is 3.94. The molecule has 31 heavy (non-hydrogen) atoms. The summed E-state index contributed by atoms with van der Waals surface area (Å²) in [5.41, 5.74) is 5.10. The zero-order valence-electron chi connectivity index (χ0n) is 18.3. The lowest BCUT2D eigenvalue weighted by Crippen LogP contribution is -2.54. The van der Waals surface area contributed by atoms with Gasteiger partial charge in [0, 0.05) is 31.5 Å². The van der Waals surface area contributed by atoms with Gasteiger partial charge in [0.15, 0.2) is 0 Å². The lowest BCUT2D eigenvalue weighted by atomic mass is 9.65. The van der Waals surface area contributed by atoms with Crippen molar-refractivity contribution in [1.82, 2.24) is 9.80 Å². The maximum Gasteiger partial charge on any atom is 0.409 e. The van der Waals surface area contributed by atoms with Crippen molar-refractivity contribution in [3.63, 3.8) is 0 Å². The molecule has 5 nitrogen and oxygen atoms in total. The minimum absolute atomic E-state index is 0.0787. The minimum Gasteiger partial charge on any atom is -0.448 e. The Kier molecular flexibility index (Phi) is 5.49. The molecule has 0 bridgehead atoms. The SMILES string of the molecule is CN1CCC2(CC1)CCN(C(=O)OCC1c3ccccc3-c3ccccc31)CC2CO. The predicted molar refractivity (Wildman–Crippen MR) is 121 cm³/mol. The fourth-order valence-electron chi connectivity index (χ4n) is 5.94. The first kappa shape index (κ1) is 20.5. The van der Waals surface area contributed by atoms with Gasteiger partial charge < -0.3 is 19.6 Å². The smallest absolute Gasteiger partial charge is 0.409 e. The number of rotatable bonds is 3. The molecule has 2 aliphatic heterocycles. The number of hydrogen-bond acceptors (Lipinski definition) is 4. The molecule has 2 aromatic carbocycles. The van der Waals surface area contributed by atoms with Crippen molar-refractivity contribution < 1.29 is 14.6 Å². The summed E-state index contributed by atoms with van der Waals surface area (Å²) in [6, 6.07) is 16.8. The molecule has 0 radical (unpaired) electrons. The molecule has 1 atom stereocenters. The largest absolute Gasteiger partial charge is 0.448 e. The van der Waals surface area contributed by atoms with Crippen LogP contribution >= 0.6 is 0 Å². The predicted octanol–water partition coefficient (Wildman–Crippen LogP) is 3.96. The van der Waals surface area contributed by atoms with Crippen LogP contribution in [0.5, 0.6) is 0 Å². The minimum atomic E-state index is -0.247. The number of amides is 1. The highest BCUT2D eigenvalue weighted by Gasteiger charge is 2.45. The average molecular weight is 421 g/mol. The highest BCUT2D eigenvalue weighted by Crippen LogP contribution is 2.46. The Bertz CT molecular complexity index is 906. The third kappa shape index (κ3) is 3.64. The zero-order valence-corrected chi connectivity index (χ0v) is 18.3. The maximum atomic E-state index is 13.0. The Hall–Kier alpha value is -2.37. The van der Waals surface area contributed by atoms with Crippen LogP contribution in [0.15, 0.2) is 48.5 Å². The molecule has 2 aromatic rings. The van der Waals surface area contributed by atoms with E-state index in [1.165, 1.54) is 22.3 Å².